The Labute approximate surface area is 164 Å². The van der Waals surface area contributed by atoms with Crippen LogP contribution in [0.2, 0.25) is 0 Å². The molecular weight excluding hydrogens is 400 g/mol. The average Bonchev–Trinajstić information content (AvgIpc) is 2.65. The first kappa shape index (κ1) is 22.8. The van der Waals surface area contributed by atoms with Gasteiger partial charge in [-0.05, 0) is 43.9 Å². The number of rotatable bonds is 6. The molecule has 1 saturated heterocycles. The van der Waals surface area contributed by atoms with Crippen LogP contribution >= 0.6 is 0 Å². The fourth-order valence-electron chi connectivity index (χ4n) is 3.30. The van der Waals surface area contributed by atoms with Gasteiger partial charge in [-0.25, -0.2) is 0 Å². The number of hydrogen-bond donors (Lipinski definition) is 0. The van der Waals surface area contributed by atoms with Crippen LogP contribution in [-0.2, 0) is 11.0 Å². The van der Waals surface area contributed by atoms with E-state index in [1.165, 1.54) is 6.07 Å². The van der Waals surface area contributed by atoms with Crippen LogP contribution in [-0.4, -0.2) is 43.2 Å². The van der Waals surface area contributed by atoms with Gasteiger partial charge in [0.2, 0.25) is 5.91 Å². The van der Waals surface area contributed by atoms with E-state index in [9.17, 15) is 31.1 Å². The first-order chi connectivity index (χ1) is 13.5. The van der Waals surface area contributed by atoms with Crippen molar-refractivity contribution in [3.05, 3.63) is 29.3 Å². The molecule has 0 aliphatic carbocycles. The van der Waals surface area contributed by atoms with Crippen LogP contribution in [0, 0.1) is 11.3 Å². The second-order valence-electron chi connectivity index (χ2n) is 6.92. The molecule has 1 aromatic carbocycles. The standard InChI is InChI=1S/C19H21F6N3O/c20-18(21,22)13-28(10-4-5-17(29)27-8-2-1-3-9-27)15-7-6-14(12-26)16(11-15)19(23,24)25/h6-7,11H,1-5,8-10,13H2. The molecule has 0 unspecified atom stereocenters. The summed E-state index contributed by atoms with van der Waals surface area (Å²) in [5, 5.41) is 8.84. The summed E-state index contributed by atoms with van der Waals surface area (Å²) in [5.41, 5.74) is -2.23. The van der Waals surface area contributed by atoms with Crippen molar-refractivity contribution in [2.45, 2.75) is 44.5 Å². The minimum Gasteiger partial charge on any atom is -0.363 e. The molecule has 1 aromatic rings. The van der Waals surface area contributed by atoms with Crippen molar-refractivity contribution in [1.82, 2.24) is 4.90 Å². The van der Waals surface area contributed by atoms with Crippen LogP contribution in [0.25, 0.3) is 0 Å². The van der Waals surface area contributed by atoms with Crippen molar-refractivity contribution in [1.29, 1.82) is 5.26 Å². The fraction of sp³-hybridized carbons (Fsp3) is 0.579. The van der Waals surface area contributed by atoms with Crippen molar-refractivity contribution in [3.63, 3.8) is 0 Å². The quantitative estimate of drug-likeness (QED) is 0.624. The van der Waals surface area contributed by atoms with E-state index in [1.54, 1.807) is 4.90 Å². The zero-order valence-electron chi connectivity index (χ0n) is 15.6. The second kappa shape index (κ2) is 9.37. The van der Waals surface area contributed by atoms with E-state index in [0.717, 1.165) is 36.3 Å². The smallest absolute Gasteiger partial charge is 0.363 e. The Kier molecular flexibility index (Phi) is 7.38. The molecule has 0 saturated carbocycles. The highest BCUT2D eigenvalue weighted by molar-refractivity contribution is 5.76. The number of likely N-dealkylation sites (tertiary alicyclic amines) is 1. The SMILES string of the molecule is N#Cc1ccc(N(CCCC(=O)N2CCCCC2)CC(F)(F)F)cc1C(F)(F)F. The van der Waals surface area contributed by atoms with Gasteiger partial charge in [0.25, 0.3) is 0 Å². The maximum Gasteiger partial charge on any atom is 0.417 e. The first-order valence-corrected chi connectivity index (χ1v) is 9.22. The molecule has 0 bridgehead atoms. The molecule has 1 heterocycles. The molecule has 1 fully saturated rings. The third-order valence-corrected chi connectivity index (χ3v) is 4.69. The van der Waals surface area contributed by atoms with E-state index in [0.29, 0.717) is 19.2 Å². The van der Waals surface area contributed by atoms with Gasteiger partial charge < -0.3 is 9.80 Å². The lowest BCUT2D eigenvalue weighted by Gasteiger charge is -2.29. The normalized spacial score (nSPS) is 15.1. The van der Waals surface area contributed by atoms with Gasteiger partial charge in [-0.15, -0.1) is 0 Å². The zero-order chi connectivity index (χ0) is 21.7. The van der Waals surface area contributed by atoms with Crippen LogP contribution in [0.3, 0.4) is 0 Å². The van der Waals surface area contributed by atoms with E-state index < -0.39 is 30.0 Å². The van der Waals surface area contributed by atoms with Crippen molar-refractivity contribution in [2.24, 2.45) is 0 Å². The summed E-state index contributed by atoms with van der Waals surface area (Å²) >= 11 is 0. The molecule has 0 atom stereocenters. The molecule has 1 amide bonds. The number of alkyl halides is 6. The largest absolute Gasteiger partial charge is 0.417 e. The number of piperidine rings is 1. The summed E-state index contributed by atoms with van der Waals surface area (Å²) < 4.78 is 78.3. The minimum absolute atomic E-state index is 0.0246. The lowest BCUT2D eigenvalue weighted by atomic mass is 10.1. The summed E-state index contributed by atoms with van der Waals surface area (Å²) in [6, 6.07) is 3.88. The van der Waals surface area contributed by atoms with Gasteiger partial charge in [-0.3, -0.25) is 4.79 Å². The Morgan fingerprint density at radius 3 is 2.31 bits per heavy atom. The highest BCUT2D eigenvalue weighted by atomic mass is 19.4. The summed E-state index contributed by atoms with van der Waals surface area (Å²) in [7, 11) is 0. The maximum atomic E-state index is 13.1. The molecule has 0 radical (unpaired) electrons. The van der Waals surface area contributed by atoms with Gasteiger partial charge in [-0.2, -0.15) is 31.6 Å². The number of halogens is 6. The minimum atomic E-state index is -4.87. The Hall–Kier alpha value is -2.44. The van der Waals surface area contributed by atoms with Crippen LogP contribution in [0.15, 0.2) is 18.2 Å². The van der Waals surface area contributed by atoms with Crippen molar-refractivity contribution < 1.29 is 31.1 Å². The number of nitrogens with zero attached hydrogens (tertiary/aromatic N) is 3. The van der Waals surface area contributed by atoms with E-state index in [4.69, 9.17) is 5.26 Å². The van der Waals surface area contributed by atoms with Crippen molar-refractivity contribution in [2.75, 3.05) is 31.1 Å². The number of nitriles is 1. The van der Waals surface area contributed by atoms with E-state index in [2.05, 4.69) is 0 Å². The number of carbonyl (C=O) groups is 1. The Morgan fingerprint density at radius 1 is 1.10 bits per heavy atom. The maximum absolute atomic E-state index is 13.1. The molecule has 0 spiro atoms. The first-order valence-electron chi connectivity index (χ1n) is 9.22. The zero-order valence-corrected chi connectivity index (χ0v) is 15.6. The summed E-state index contributed by atoms with van der Waals surface area (Å²) in [5.74, 6) is -0.160. The van der Waals surface area contributed by atoms with E-state index in [1.807, 2.05) is 0 Å². The Morgan fingerprint density at radius 2 is 1.76 bits per heavy atom. The molecule has 4 nitrogen and oxygen atoms in total. The van der Waals surface area contributed by atoms with Gasteiger partial charge in [0.15, 0.2) is 0 Å². The third-order valence-electron chi connectivity index (χ3n) is 4.69. The molecular formula is C19H21F6N3O. The molecule has 29 heavy (non-hydrogen) atoms. The number of hydrogen-bond acceptors (Lipinski definition) is 3. The van der Waals surface area contributed by atoms with Crippen LogP contribution in [0.5, 0.6) is 0 Å². The van der Waals surface area contributed by atoms with Crippen molar-refractivity contribution >= 4 is 11.6 Å². The molecule has 10 heteroatoms. The monoisotopic (exact) mass is 421 g/mol. The number of benzene rings is 1. The lowest BCUT2D eigenvalue weighted by molar-refractivity contribution is -0.137. The Balaban J connectivity index is 2.14. The Bertz CT molecular complexity index is 748. The molecule has 0 N–H and O–H groups in total. The molecule has 1 aliphatic heterocycles. The predicted molar refractivity (Wildman–Crippen MR) is 94.1 cm³/mol. The number of anilines is 1. The van der Waals surface area contributed by atoms with Crippen molar-refractivity contribution in [3.8, 4) is 6.07 Å². The third kappa shape index (κ3) is 6.84. The van der Waals surface area contributed by atoms with E-state index >= 15 is 0 Å². The van der Waals surface area contributed by atoms with Gasteiger partial charge in [0, 0.05) is 31.7 Å². The molecule has 2 rings (SSSR count). The predicted octanol–water partition coefficient (Wildman–Crippen LogP) is 4.74. The van der Waals surface area contributed by atoms with Gasteiger partial charge >= 0.3 is 12.4 Å². The summed E-state index contributed by atoms with van der Waals surface area (Å²) in [6.45, 7) is -0.443. The molecule has 160 valence electrons. The van der Waals surface area contributed by atoms with Gasteiger partial charge in [0.1, 0.15) is 6.54 Å². The van der Waals surface area contributed by atoms with Crippen LogP contribution in [0.1, 0.15) is 43.2 Å². The lowest BCUT2D eigenvalue weighted by Crippen LogP contribution is -2.37. The summed E-state index contributed by atoms with van der Waals surface area (Å²) in [6.07, 6.45) is -6.60. The average molecular weight is 421 g/mol. The highest BCUT2D eigenvalue weighted by Crippen LogP contribution is 2.35. The summed E-state index contributed by atoms with van der Waals surface area (Å²) in [4.78, 5) is 14.6. The van der Waals surface area contributed by atoms with Gasteiger partial charge in [-0.1, -0.05) is 0 Å². The molecule has 0 aromatic heterocycles. The topological polar surface area (TPSA) is 47.3 Å². The number of carbonyl (C=O) groups excluding carboxylic acids is 1. The molecule has 1 aliphatic rings. The number of amides is 1. The van der Waals surface area contributed by atoms with E-state index in [-0.39, 0.29) is 31.0 Å². The fourth-order valence-corrected chi connectivity index (χ4v) is 3.30. The van der Waals surface area contributed by atoms with Gasteiger partial charge in [0.05, 0.1) is 17.2 Å². The van der Waals surface area contributed by atoms with Crippen LogP contribution < -0.4 is 4.90 Å². The van der Waals surface area contributed by atoms with Crippen LogP contribution in [0.4, 0.5) is 32.0 Å². The second-order valence-corrected chi connectivity index (χ2v) is 6.92. The highest BCUT2D eigenvalue weighted by Gasteiger charge is 2.36.